The maximum Gasteiger partial charge on any atom is 0.227 e. The fraction of sp³-hybridized carbons (Fsp3) is 0.320. The number of carbonyl (C=O) groups excluding carboxylic acids is 1. The lowest BCUT2D eigenvalue weighted by Crippen LogP contribution is -2.38. The molecule has 31 heavy (non-hydrogen) atoms. The number of aryl methyl sites for hydroxylation is 2. The molecule has 3 aromatic rings. The Bertz CT molecular complexity index is 1170. The molecule has 2 aromatic carbocycles. The molecule has 0 atom stereocenters. The summed E-state index contributed by atoms with van der Waals surface area (Å²) in [5.41, 5.74) is 5.36. The van der Waals surface area contributed by atoms with Gasteiger partial charge in [0.05, 0.1) is 23.9 Å². The van der Waals surface area contributed by atoms with Crippen molar-refractivity contribution in [3.05, 3.63) is 59.3 Å². The van der Waals surface area contributed by atoms with Gasteiger partial charge in [0.2, 0.25) is 5.91 Å². The molecule has 6 nitrogen and oxygen atoms in total. The largest absolute Gasteiger partial charge is 0.497 e. The molecule has 2 heterocycles. The van der Waals surface area contributed by atoms with Gasteiger partial charge in [-0.1, -0.05) is 17.7 Å². The summed E-state index contributed by atoms with van der Waals surface area (Å²) in [4.78, 5) is 19.5. The van der Waals surface area contributed by atoms with Gasteiger partial charge in [0.15, 0.2) is 0 Å². The van der Waals surface area contributed by atoms with Crippen molar-refractivity contribution < 1.29 is 9.53 Å². The Morgan fingerprint density at radius 3 is 2.65 bits per heavy atom. The standard InChI is InChI=1S/C25H26N4O2/c1-16-4-6-22(17(2)12-16)28-25(30)18-8-10-29(11-9-18)24-19(14-26)15-27-23-7-5-20(31-3)13-21(23)24/h4-7,12-13,15,18H,8-11H2,1-3H3,(H,28,30). The summed E-state index contributed by atoms with van der Waals surface area (Å²) in [5.74, 6) is 0.742. The Morgan fingerprint density at radius 2 is 1.97 bits per heavy atom. The summed E-state index contributed by atoms with van der Waals surface area (Å²) in [7, 11) is 1.63. The minimum absolute atomic E-state index is 0.0508. The third-order valence-electron chi connectivity index (χ3n) is 5.99. The van der Waals surface area contributed by atoms with E-state index in [2.05, 4.69) is 27.3 Å². The van der Waals surface area contributed by atoms with Crippen LogP contribution in [0.2, 0.25) is 0 Å². The van der Waals surface area contributed by atoms with E-state index in [1.54, 1.807) is 13.3 Å². The number of methoxy groups -OCH3 is 1. The normalized spacial score (nSPS) is 14.3. The van der Waals surface area contributed by atoms with Crippen LogP contribution < -0.4 is 15.0 Å². The van der Waals surface area contributed by atoms with Crippen molar-refractivity contribution in [1.29, 1.82) is 5.26 Å². The van der Waals surface area contributed by atoms with Crippen LogP contribution in [0, 0.1) is 31.1 Å². The SMILES string of the molecule is COc1ccc2ncc(C#N)c(N3CCC(C(=O)Nc4ccc(C)cc4C)CC3)c2c1. The number of benzene rings is 2. The Labute approximate surface area is 182 Å². The van der Waals surface area contributed by atoms with Gasteiger partial charge >= 0.3 is 0 Å². The number of pyridine rings is 1. The number of fused-ring (bicyclic) bond motifs is 1. The molecular formula is C25H26N4O2. The molecule has 0 radical (unpaired) electrons. The van der Waals surface area contributed by atoms with Gasteiger partial charge in [-0.3, -0.25) is 9.78 Å². The summed E-state index contributed by atoms with van der Waals surface area (Å²) in [6.45, 7) is 5.46. The molecule has 1 aliphatic heterocycles. The maximum absolute atomic E-state index is 12.9. The van der Waals surface area contributed by atoms with Crippen LogP contribution in [0.4, 0.5) is 11.4 Å². The zero-order chi connectivity index (χ0) is 22.0. The highest BCUT2D eigenvalue weighted by Crippen LogP contribution is 2.34. The molecule has 0 aliphatic carbocycles. The zero-order valence-corrected chi connectivity index (χ0v) is 18.1. The summed E-state index contributed by atoms with van der Waals surface area (Å²) in [6, 6.07) is 14.0. The lowest BCUT2D eigenvalue weighted by molar-refractivity contribution is -0.120. The van der Waals surface area contributed by atoms with E-state index in [1.807, 2.05) is 44.2 Å². The third-order valence-corrected chi connectivity index (χ3v) is 5.99. The van der Waals surface area contributed by atoms with Crippen LogP contribution in [0.15, 0.2) is 42.6 Å². The molecule has 0 saturated carbocycles. The molecule has 158 valence electrons. The molecule has 0 bridgehead atoms. The smallest absolute Gasteiger partial charge is 0.227 e. The van der Waals surface area contributed by atoms with Gasteiger partial charge in [-0.2, -0.15) is 5.26 Å². The molecule has 0 spiro atoms. The Morgan fingerprint density at radius 1 is 1.19 bits per heavy atom. The van der Waals surface area contributed by atoms with Crippen LogP contribution in [0.25, 0.3) is 10.9 Å². The van der Waals surface area contributed by atoms with Crippen molar-refractivity contribution in [3.8, 4) is 11.8 Å². The van der Waals surface area contributed by atoms with Gasteiger partial charge in [-0.05, 0) is 56.5 Å². The molecule has 1 amide bonds. The van der Waals surface area contributed by atoms with Crippen LogP contribution >= 0.6 is 0 Å². The van der Waals surface area contributed by atoms with Crippen LogP contribution in [0.1, 0.15) is 29.5 Å². The first-order valence-electron chi connectivity index (χ1n) is 10.5. The number of rotatable bonds is 4. The van der Waals surface area contributed by atoms with Gasteiger partial charge in [-0.15, -0.1) is 0 Å². The van der Waals surface area contributed by atoms with Crippen LogP contribution in [0.5, 0.6) is 5.75 Å². The second-order valence-corrected chi connectivity index (χ2v) is 8.08. The monoisotopic (exact) mass is 414 g/mol. The molecule has 1 N–H and O–H groups in total. The highest BCUT2D eigenvalue weighted by Gasteiger charge is 2.27. The maximum atomic E-state index is 12.9. The van der Waals surface area contributed by atoms with Crippen LogP contribution in [-0.4, -0.2) is 31.1 Å². The molecule has 4 rings (SSSR count). The van der Waals surface area contributed by atoms with E-state index in [9.17, 15) is 10.1 Å². The second-order valence-electron chi connectivity index (χ2n) is 8.08. The highest BCUT2D eigenvalue weighted by atomic mass is 16.5. The van der Waals surface area contributed by atoms with Crippen LogP contribution in [0.3, 0.4) is 0 Å². The number of hydrogen-bond donors (Lipinski definition) is 1. The van der Waals surface area contributed by atoms with Crippen molar-refractivity contribution in [1.82, 2.24) is 4.98 Å². The Balaban J connectivity index is 1.53. The first kappa shape index (κ1) is 20.7. The molecule has 1 aromatic heterocycles. The lowest BCUT2D eigenvalue weighted by Gasteiger charge is -2.34. The van der Waals surface area contributed by atoms with Crippen molar-refractivity contribution in [2.45, 2.75) is 26.7 Å². The van der Waals surface area contributed by atoms with Gasteiger partial charge in [0.25, 0.3) is 0 Å². The van der Waals surface area contributed by atoms with Gasteiger partial charge in [0.1, 0.15) is 11.8 Å². The quantitative estimate of drug-likeness (QED) is 0.676. The van der Waals surface area contributed by atoms with E-state index in [1.165, 1.54) is 5.56 Å². The number of aromatic nitrogens is 1. The minimum atomic E-state index is -0.0508. The number of anilines is 2. The van der Waals surface area contributed by atoms with Crippen molar-refractivity contribution in [3.63, 3.8) is 0 Å². The Hall–Kier alpha value is -3.59. The number of carbonyl (C=O) groups is 1. The van der Waals surface area contributed by atoms with Gasteiger partial charge < -0.3 is 15.0 Å². The molecule has 6 heteroatoms. The predicted molar refractivity (Wildman–Crippen MR) is 122 cm³/mol. The van der Waals surface area contributed by atoms with Crippen molar-refractivity contribution in [2.75, 3.05) is 30.4 Å². The molecule has 1 aliphatic rings. The number of nitrogens with one attached hydrogen (secondary N) is 1. The highest BCUT2D eigenvalue weighted by molar-refractivity contribution is 5.96. The van der Waals surface area contributed by atoms with E-state index in [0.29, 0.717) is 18.7 Å². The summed E-state index contributed by atoms with van der Waals surface area (Å²) < 4.78 is 5.38. The minimum Gasteiger partial charge on any atom is -0.497 e. The fourth-order valence-electron chi connectivity index (χ4n) is 4.26. The topological polar surface area (TPSA) is 78.2 Å². The van der Waals surface area contributed by atoms with E-state index in [4.69, 9.17) is 4.74 Å². The van der Waals surface area contributed by atoms with E-state index in [-0.39, 0.29) is 11.8 Å². The summed E-state index contributed by atoms with van der Waals surface area (Å²) >= 11 is 0. The van der Waals surface area contributed by atoms with Gasteiger partial charge in [-0.25, -0.2) is 0 Å². The molecule has 1 fully saturated rings. The van der Waals surface area contributed by atoms with E-state index < -0.39 is 0 Å². The molecular weight excluding hydrogens is 388 g/mol. The average Bonchev–Trinajstić information content (AvgIpc) is 2.79. The van der Waals surface area contributed by atoms with Crippen molar-refractivity contribution in [2.24, 2.45) is 5.92 Å². The first-order chi connectivity index (χ1) is 15.0. The number of amides is 1. The number of ether oxygens (including phenoxy) is 1. The number of piperidine rings is 1. The van der Waals surface area contributed by atoms with Crippen LogP contribution in [-0.2, 0) is 4.79 Å². The van der Waals surface area contributed by atoms with E-state index >= 15 is 0 Å². The second kappa shape index (κ2) is 8.65. The first-order valence-corrected chi connectivity index (χ1v) is 10.5. The molecule has 0 unspecified atom stereocenters. The predicted octanol–water partition coefficient (Wildman–Crippen LogP) is 4.59. The van der Waals surface area contributed by atoms with Crippen molar-refractivity contribution >= 4 is 28.2 Å². The van der Waals surface area contributed by atoms with E-state index in [0.717, 1.165) is 46.4 Å². The van der Waals surface area contributed by atoms with Gasteiger partial charge in [0, 0.05) is 36.3 Å². The summed E-state index contributed by atoms with van der Waals surface area (Å²) in [6.07, 6.45) is 3.09. The Kier molecular flexibility index (Phi) is 5.77. The number of nitriles is 1. The summed E-state index contributed by atoms with van der Waals surface area (Å²) in [5, 5.41) is 13.7. The number of nitrogens with zero attached hydrogens (tertiary/aromatic N) is 3. The third kappa shape index (κ3) is 4.17. The lowest BCUT2D eigenvalue weighted by atomic mass is 9.94. The fourth-order valence-corrected chi connectivity index (χ4v) is 4.26. The average molecular weight is 415 g/mol. The molecule has 1 saturated heterocycles. The zero-order valence-electron chi connectivity index (χ0n) is 18.1. The number of hydrogen-bond acceptors (Lipinski definition) is 5.